The van der Waals surface area contributed by atoms with E-state index in [9.17, 15) is 5.11 Å². The number of nitrogens with zero attached hydrogens (tertiary/aromatic N) is 1. The fourth-order valence-corrected chi connectivity index (χ4v) is 5.46. The Morgan fingerprint density at radius 3 is 2.48 bits per heavy atom. The van der Waals surface area contributed by atoms with Gasteiger partial charge in [-0.2, -0.15) is 0 Å². The van der Waals surface area contributed by atoms with Gasteiger partial charge in [-0.25, -0.2) is 0 Å². The van der Waals surface area contributed by atoms with Crippen LogP contribution in [0.5, 0.6) is 0 Å². The minimum atomic E-state index is -0.920. The Labute approximate surface area is 140 Å². The van der Waals surface area contributed by atoms with Gasteiger partial charge in [-0.05, 0) is 25.1 Å². The number of aliphatic hydroxyl groups is 1. The lowest BCUT2D eigenvalue weighted by atomic mass is 9.38. The second kappa shape index (κ2) is 5.51. The number of fused-ring (bicyclic) bond motifs is 1. The molecule has 0 bridgehead atoms. The molecule has 0 saturated heterocycles. The minimum absolute atomic E-state index is 0.270. The first-order valence-electron chi connectivity index (χ1n) is 8.66. The highest BCUT2D eigenvalue weighted by molar-refractivity contribution is 5.49. The first-order chi connectivity index (χ1) is 11.0. The molecule has 1 aromatic rings. The number of hydrogen-bond donors (Lipinski definition) is 1. The number of hydrogen-bond acceptors (Lipinski definition) is 2. The van der Waals surface area contributed by atoms with Crippen molar-refractivity contribution < 1.29 is 5.11 Å². The van der Waals surface area contributed by atoms with E-state index >= 15 is 0 Å². The molecule has 0 amide bonds. The molecule has 0 unspecified atom stereocenters. The summed E-state index contributed by atoms with van der Waals surface area (Å²) in [5, 5.41) is 11.9. The molecule has 3 rings (SSSR count). The van der Waals surface area contributed by atoms with Gasteiger partial charge in [0, 0.05) is 17.8 Å². The predicted octanol–water partition coefficient (Wildman–Crippen LogP) is 3.37. The van der Waals surface area contributed by atoms with Gasteiger partial charge >= 0.3 is 0 Å². The van der Waals surface area contributed by atoms with Gasteiger partial charge in [0.05, 0.1) is 5.54 Å². The summed E-state index contributed by atoms with van der Waals surface area (Å²) >= 11 is 0. The van der Waals surface area contributed by atoms with Gasteiger partial charge in [0.25, 0.3) is 0 Å². The van der Waals surface area contributed by atoms with Gasteiger partial charge in [-0.3, -0.25) is 4.90 Å². The monoisotopic (exact) mass is 309 g/mol. The summed E-state index contributed by atoms with van der Waals surface area (Å²) in [5.74, 6) is 3.06. The molecule has 1 saturated carbocycles. The molecule has 2 heteroatoms. The standard InChI is InChI=1S/C21H27NO/c1-5-15-21(23)19(4,17-12-9-8-10-13-17)18-14-11-16-20(18,21)22(6-2)7-3/h1,8-14,18,23H,6-7,15-16H2,2-4H3/t18-,19+,20+,21+/m0/s1. The second-order valence-electron chi connectivity index (χ2n) is 7.02. The Hall–Kier alpha value is -1.56. The van der Waals surface area contributed by atoms with Crippen LogP contribution in [-0.4, -0.2) is 34.2 Å². The predicted molar refractivity (Wildman–Crippen MR) is 95.1 cm³/mol. The fourth-order valence-electron chi connectivity index (χ4n) is 5.46. The Kier molecular flexibility index (Phi) is 3.91. The molecule has 0 radical (unpaired) electrons. The highest BCUT2D eigenvalue weighted by atomic mass is 16.3. The zero-order valence-corrected chi connectivity index (χ0v) is 14.4. The number of terminal acetylenes is 1. The molecule has 1 N–H and O–H groups in total. The molecule has 2 nitrogen and oxygen atoms in total. The van der Waals surface area contributed by atoms with E-state index in [1.54, 1.807) is 0 Å². The van der Waals surface area contributed by atoms with Crippen LogP contribution in [0, 0.1) is 18.3 Å². The molecule has 4 atom stereocenters. The third-order valence-corrected chi connectivity index (χ3v) is 6.53. The van der Waals surface area contributed by atoms with E-state index < -0.39 is 5.60 Å². The second-order valence-corrected chi connectivity index (χ2v) is 7.02. The molecule has 0 aliphatic heterocycles. The zero-order chi connectivity index (χ0) is 16.7. The molecule has 0 aromatic heterocycles. The Bertz CT molecular complexity index is 642. The lowest BCUT2D eigenvalue weighted by molar-refractivity contribution is -0.261. The molecule has 23 heavy (non-hydrogen) atoms. The van der Waals surface area contributed by atoms with Crippen molar-refractivity contribution in [1.29, 1.82) is 0 Å². The maximum atomic E-state index is 11.9. The van der Waals surface area contributed by atoms with Crippen molar-refractivity contribution in [3.63, 3.8) is 0 Å². The summed E-state index contributed by atoms with van der Waals surface area (Å²) < 4.78 is 0. The van der Waals surface area contributed by atoms with Gasteiger partial charge in [0.15, 0.2) is 0 Å². The topological polar surface area (TPSA) is 23.5 Å². The van der Waals surface area contributed by atoms with Crippen LogP contribution in [-0.2, 0) is 5.41 Å². The van der Waals surface area contributed by atoms with Crippen molar-refractivity contribution in [3.05, 3.63) is 48.0 Å². The van der Waals surface area contributed by atoms with E-state index in [0.29, 0.717) is 6.42 Å². The minimum Gasteiger partial charge on any atom is -0.386 e. The fraction of sp³-hybridized carbons (Fsp3) is 0.524. The summed E-state index contributed by atoms with van der Waals surface area (Å²) in [6.07, 6.45) is 11.5. The van der Waals surface area contributed by atoms with Crippen LogP contribution in [0.4, 0.5) is 0 Å². The lowest BCUT2D eigenvalue weighted by Gasteiger charge is -2.73. The third-order valence-electron chi connectivity index (χ3n) is 6.53. The lowest BCUT2D eigenvalue weighted by Crippen LogP contribution is -2.85. The maximum Gasteiger partial charge on any atom is 0.105 e. The number of rotatable bonds is 5. The van der Waals surface area contributed by atoms with Gasteiger partial charge in [0.1, 0.15) is 5.60 Å². The quantitative estimate of drug-likeness (QED) is 0.666. The van der Waals surface area contributed by atoms with E-state index in [1.165, 1.54) is 5.56 Å². The van der Waals surface area contributed by atoms with Crippen molar-refractivity contribution in [2.75, 3.05) is 13.1 Å². The van der Waals surface area contributed by atoms with Gasteiger partial charge in [-0.15, -0.1) is 12.3 Å². The zero-order valence-electron chi connectivity index (χ0n) is 14.4. The van der Waals surface area contributed by atoms with Gasteiger partial charge in [-0.1, -0.05) is 63.3 Å². The highest BCUT2D eigenvalue weighted by Gasteiger charge is 2.79. The van der Waals surface area contributed by atoms with Gasteiger partial charge < -0.3 is 5.11 Å². The average molecular weight is 309 g/mol. The molecule has 1 aromatic carbocycles. The summed E-state index contributed by atoms with van der Waals surface area (Å²) in [4.78, 5) is 2.42. The Morgan fingerprint density at radius 1 is 1.26 bits per heavy atom. The molecule has 2 aliphatic rings. The summed E-state index contributed by atoms with van der Waals surface area (Å²) in [5.41, 5.74) is -0.364. The first-order valence-corrected chi connectivity index (χ1v) is 8.66. The van der Waals surface area contributed by atoms with Crippen LogP contribution in [0.1, 0.15) is 39.2 Å². The molecule has 122 valence electrons. The van der Waals surface area contributed by atoms with Gasteiger partial charge in [0.2, 0.25) is 0 Å². The normalized spacial score (nSPS) is 38.2. The van der Waals surface area contributed by atoms with Crippen LogP contribution in [0.2, 0.25) is 0 Å². The van der Waals surface area contributed by atoms with Crippen LogP contribution in [0.3, 0.4) is 0 Å². The van der Waals surface area contributed by atoms with Crippen molar-refractivity contribution in [1.82, 2.24) is 4.90 Å². The van der Waals surface area contributed by atoms with Crippen LogP contribution < -0.4 is 0 Å². The SMILES string of the molecule is C#CC[C@]1(O)[C@@]2(N(CC)CC)CC=C[C@H]2[C@@]1(C)c1ccccc1. The smallest absolute Gasteiger partial charge is 0.105 e. The van der Waals surface area contributed by atoms with E-state index in [4.69, 9.17) is 6.42 Å². The van der Waals surface area contributed by atoms with Crippen molar-refractivity contribution in [3.8, 4) is 12.3 Å². The largest absolute Gasteiger partial charge is 0.386 e. The Morgan fingerprint density at radius 2 is 1.91 bits per heavy atom. The molecule has 0 spiro atoms. The molecular weight excluding hydrogens is 282 g/mol. The average Bonchev–Trinajstić information content (AvgIpc) is 3.00. The third kappa shape index (κ3) is 1.73. The van der Waals surface area contributed by atoms with E-state index in [1.807, 2.05) is 18.2 Å². The van der Waals surface area contributed by atoms with E-state index in [2.05, 4.69) is 55.9 Å². The molecule has 0 heterocycles. The molecular formula is C21H27NO. The van der Waals surface area contributed by atoms with Crippen molar-refractivity contribution in [2.45, 2.75) is 50.2 Å². The first kappa shape index (κ1) is 16.3. The van der Waals surface area contributed by atoms with E-state index in [-0.39, 0.29) is 16.9 Å². The van der Waals surface area contributed by atoms with Crippen LogP contribution >= 0.6 is 0 Å². The summed E-state index contributed by atoms with van der Waals surface area (Å²) in [6, 6.07) is 10.4. The van der Waals surface area contributed by atoms with Crippen LogP contribution in [0.15, 0.2) is 42.5 Å². The van der Waals surface area contributed by atoms with E-state index in [0.717, 1.165) is 19.5 Å². The van der Waals surface area contributed by atoms with Crippen molar-refractivity contribution >= 4 is 0 Å². The maximum absolute atomic E-state index is 11.9. The van der Waals surface area contributed by atoms with Crippen molar-refractivity contribution in [2.24, 2.45) is 5.92 Å². The Balaban J connectivity index is 2.17. The molecule has 1 fully saturated rings. The number of likely N-dealkylation sites (N-methyl/N-ethyl adjacent to an activating group) is 1. The summed E-state index contributed by atoms with van der Waals surface area (Å²) in [6.45, 7) is 8.37. The highest BCUT2D eigenvalue weighted by Crippen LogP contribution is 2.69. The summed E-state index contributed by atoms with van der Waals surface area (Å²) in [7, 11) is 0. The molecule has 2 aliphatic carbocycles. The number of benzene rings is 1. The van der Waals surface area contributed by atoms with Crippen LogP contribution in [0.25, 0.3) is 0 Å².